The molecule has 1 aliphatic heterocycles. The summed E-state index contributed by atoms with van der Waals surface area (Å²) in [6, 6.07) is 12.4. The number of benzene rings is 2. The molecule has 124 valence electrons. The monoisotopic (exact) mass is 324 g/mol. The van der Waals surface area contributed by atoms with E-state index in [0.29, 0.717) is 19.8 Å². The Morgan fingerprint density at radius 2 is 2.04 bits per heavy atom. The highest BCUT2D eigenvalue weighted by atomic mass is 16.5. The van der Waals surface area contributed by atoms with Crippen molar-refractivity contribution < 1.29 is 14.6 Å². The molecule has 0 amide bonds. The normalized spacial score (nSPS) is 16.1. The van der Waals surface area contributed by atoms with Crippen molar-refractivity contribution in [2.75, 3.05) is 20.3 Å². The van der Waals surface area contributed by atoms with E-state index in [2.05, 4.69) is 36.2 Å². The largest absolute Gasteiger partial charge is 0.497 e. The van der Waals surface area contributed by atoms with Crippen molar-refractivity contribution in [3.63, 3.8) is 0 Å². The van der Waals surface area contributed by atoms with E-state index < -0.39 is 5.60 Å². The van der Waals surface area contributed by atoms with Gasteiger partial charge in [-0.1, -0.05) is 12.1 Å². The fourth-order valence-corrected chi connectivity index (χ4v) is 3.15. The third kappa shape index (κ3) is 2.66. The molecule has 0 spiro atoms. The maximum Gasteiger partial charge on any atom is 0.129 e. The summed E-state index contributed by atoms with van der Waals surface area (Å²) in [6.07, 6.45) is 1.78. The van der Waals surface area contributed by atoms with Crippen molar-refractivity contribution in [1.82, 2.24) is 9.55 Å². The van der Waals surface area contributed by atoms with Crippen LogP contribution in [0.4, 0.5) is 0 Å². The van der Waals surface area contributed by atoms with Gasteiger partial charge in [0.2, 0.25) is 0 Å². The number of methoxy groups -OCH3 is 1. The van der Waals surface area contributed by atoms with Crippen molar-refractivity contribution in [1.29, 1.82) is 0 Å². The lowest BCUT2D eigenvalue weighted by atomic mass is 10.0. The molecular weight excluding hydrogens is 304 g/mol. The van der Waals surface area contributed by atoms with Crippen LogP contribution in [0, 0.1) is 6.92 Å². The first-order chi connectivity index (χ1) is 11.6. The van der Waals surface area contributed by atoms with Crippen LogP contribution in [-0.4, -0.2) is 40.6 Å². The summed E-state index contributed by atoms with van der Waals surface area (Å²) in [5.41, 5.74) is 4.52. The summed E-state index contributed by atoms with van der Waals surface area (Å²) in [5, 5.41) is 10.3. The maximum absolute atomic E-state index is 10.3. The lowest BCUT2D eigenvalue weighted by molar-refractivity contribution is -0.184. The minimum atomic E-state index is -0.768. The molecule has 3 aromatic rings. The van der Waals surface area contributed by atoms with E-state index in [1.807, 2.05) is 16.7 Å². The molecule has 1 saturated heterocycles. The Hall–Kier alpha value is -2.37. The van der Waals surface area contributed by atoms with E-state index >= 15 is 0 Å². The number of rotatable bonds is 4. The van der Waals surface area contributed by atoms with Gasteiger partial charge in [-0.2, -0.15) is 0 Å². The standard InChI is InChI=1S/C19H20N2O3/c1-13-5-15(7-16(6-13)23-2)14-3-4-18-17(8-14)20-12-21(18)9-19(22)10-24-11-19/h3-8,12,22H,9-11H2,1-2H3. The first kappa shape index (κ1) is 15.2. The Kier molecular flexibility index (Phi) is 3.55. The molecule has 1 aliphatic rings. The molecule has 0 aliphatic carbocycles. The van der Waals surface area contributed by atoms with Crippen molar-refractivity contribution in [3.8, 4) is 16.9 Å². The first-order valence-electron chi connectivity index (χ1n) is 7.97. The second-order valence-electron chi connectivity index (χ2n) is 6.53. The van der Waals surface area contributed by atoms with Crippen molar-refractivity contribution in [2.45, 2.75) is 19.1 Å². The summed E-state index contributed by atoms with van der Waals surface area (Å²) in [4.78, 5) is 4.49. The summed E-state index contributed by atoms with van der Waals surface area (Å²) < 4.78 is 12.5. The minimum absolute atomic E-state index is 0.383. The van der Waals surface area contributed by atoms with Gasteiger partial charge in [0.15, 0.2) is 0 Å². The number of ether oxygens (including phenoxy) is 2. The highest BCUT2D eigenvalue weighted by molar-refractivity contribution is 5.82. The van der Waals surface area contributed by atoms with Crippen LogP contribution in [0.2, 0.25) is 0 Å². The van der Waals surface area contributed by atoms with Gasteiger partial charge in [0, 0.05) is 0 Å². The maximum atomic E-state index is 10.3. The summed E-state index contributed by atoms with van der Waals surface area (Å²) in [7, 11) is 1.68. The molecule has 2 aromatic carbocycles. The second kappa shape index (κ2) is 5.61. The van der Waals surface area contributed by atoms with Crippen LogP contribution < -0.4 is 4.74 Å². The van der Waals surface area contributed by atoms with Crippen LogP contribution >= 0.6 is 0 Å². The van der Waals surface area contributed by atoms with Crippen LogP contribution in [0.1, 0.15) is 5.56 Å². The third-order valence-electron chi connectivity index (χ3n) is 4.45. The predicted molar refractivity (Wildman–Crippen MR) is 92.2 cm³/mol. The summed E-state index contributed by atoms with van der Waals surface area (Å²) >= 11 is 0. The zero-order valence-electron chi connectivity index (χ0n) is 13.8. The zero-order chi connectivity index (χ0) is 16.7. The van der Waals surface area contributed by atoms with Crippen LogP contribution in [-0.2, 0) is 11.3 Å². The molecule has 0 saturated carbocycles. The van der Waals surface area contributed by atoms with Gasteiger partial charge in [-0.15, -0.1) is 0 Å². The molecule has 4 rings (SSSR count). The lowest BCUT2D eigenvalue weighted by Crippen LogP contribution is -2.52. The zero-order valence-corrected chi connectivity index (χ0v) is 13.8. The first-order valence-corrected chi connectivity index (χ1v) is 7.97. The fraction of sp³-hybridized carbons (Fsp3) is 0.316. The molecule has 1 N–H and O–H groups in total. The number of hydrogen-bond acceptors (Lipinski definition) is 4. The van der Waals surface area contributed by atoms with E-state index in [0.717, 1.165) is 33.5 Å². The van der Waals surface area contributed by atoms with Gasteiger partial charge in [0.1, 0.15) is 11.4 Å². The van der Waals surface area contributed by atoms with Gasteiger partial charge >= 0.3 is 0 Å². The minimum Gasteiger partial charge on any atom is -0.497 e. The molecule has 0 unspecified atom stereocenters. The third-order valence-corrected chi connectivity index (χ3v) is 4.45. The summed E-state index contributed by atoms with van der Waals surface area (Å²) in [6.45, 7) is 3.32. The number of aliphatic hydroxyl groups is 1. The molecule has 5 nitrogen and oxygen atoms in total. The molecular formula is C19H20N2O3. The molecule has 0 bridgehead atoms. The van der Waals surface area contributed by atoms with E-state index in [1.165, 1.54) is 0 Å². The second-order valence-corrected chi connectivity index (χ2v) is 6.53. The number of aryl methyl sites for hydroxylation is 1. The van der Waals surface area contributed by atoms with Crippen molar-refractivity contribution >= 4 is 11.0 Å². The number of imidazole rings is 1. The summed E-state index contributed by atoms with van der Waals surface area (Å²) in [5.74, 6) is 0.850. The predicted octanol–water partition coefficient (Wildman–Crippen LogP) is 2.78. The smallest absolute Gasteiger partial charge is 0.129 e. The van der Waals surface area contributed by atoms with Crippen LogP contribution in [0.3, 0.4) is 0 Å². The highest BCUT2D eigenvalue weighted by Gasteiger charge is 2.36. The molecule has 2 heterocycles. The topological polar surface area (TPSA) is 56.5 Å². The Labute approximate surface area is 140 Å². The van der Waals surface area contributed by atoms with Gasteiger partial charge in [0.05, 0.1) is 44.2 Å². The van der Waals surface area contributed by atoms with Gasteiger partial charge in [-0.25, -0.2) is 4.98 Å². The SMILES string of the molecule is COc1cc(C)cc(-c2ccc3c(c2)ncn3CC2(O)COC2)c1. The Bertz CT molecular complexity index is 897. The number of hydrogen-bond donors (Lipinski definition) is 1. The van der Waals surface area contributed by atoms with Gasteiger partial charge < -0.3 is 19.1 Å². The van der Waals surface area contributed by atoms with Gasteiger partial charge in [0.25, 0.3) is 0 Å². The van der Waals surface area contributed by atoms with Crippen LogP contribution in [0.15, 0.2) is 42.7 Å². The lowest BCUT2D eigenvalue weighted by Gasteiger charge is -2.36. The molecule has 5 heteroatoms. The van der Waals surface area contributed by atoms with Gasteiger partial charge in [-0.3, -0.25) is 0 Å². The Balaban J connectivity index is 1.70. The molecule has 1 aromatic heterocycles. The fourth-order valence-electron chi connectivity index (χ4n) is 3.15. The average molecular weight is 324 g/mol. The molecule has 1 fully saturated rings. The van der Waals surface area contributed by atoms with Crippen LogP contribution in [0.5, 0.6) is 5.75 Å². The highest BCUT2D eigenvalue weighted by Crippen LogP contribution is 2.29. The quantitative estimate of drug-likeness (QED) is 0.802. The van der Waals surface area contributed by atoms with Crippen LogP contribution in [0.25, 0.3) is 22.2 Å². The molecule has 24 heavy (non-hydrogen) atoms. The number of nitrogens with zero attached hydrogens (tertiary/aromatic N) is 2. The molecule has 0 atom stereocenters. The van der Waals surface area contributed by atoms with Crippen molar-refractivity contribution in [2.24, 2.45) is 0 Å². The molecule has 0 radical (unpaired) electrons. The van der Waals surface area contributed by atoms with E-state index in [4.69, 9.17) is 9.47 Å². The number of aromatic nitrogens is 2. The van der Waals surface area contributed by atoms with Crippen molar-refractivity contribution in [3.05, 3.63) is 48.3 Å². The Morgan fingerprint density at radius 3 is 2.75 bits per heavy atom. The number of fused-ring (bicyclic) bond motifs is 1. The van der Waals surface area contributed by atoms with E-state index in [-0.39, 0.29) is 0 Å². The Morgan fingerprint density at radius 1 is 1.21 bits per heavy atom. The van der Waals surface area contributed by atoms with E-state index in [1.54, 1.807) is 13.4 Å². The van der Waals surface area contributed by atoms with Gasteiger partial charge in [-0.05, 0) is 47.9 Å². The van der Waals surface area contributed by atoms with E-state index in [9.17, 15) is 5.11 Å². The average Bonchev–Trinajstić information content (AvgIpc) is 2.95.